The Morgan fingerprint density at radius 3 is 2.67 bits per heavy atom. The van der Waals surface area contributed by atoms with Crippen molar-refractivity contribution < 1.29 is 4.79 Å². The van der Waals surface area contributed by atoms with Crippen LogP contribution in [0.1, 0.15) is 47.2 Å². The Morgan fingerprint density at radius 1 is 1.21 bits per heavy atom. The van der Waals surface area contributed by atoms with Crippen LogP contribution < -0.4 is 5.32 Å². The lowest BCUT2D eigenvalue weighted by molar-refractivity contribution is 0.0786. The summed E-state index contributed by atoms with van der Waals surface area (Å²) < 4.78 is 0. The number of anilines is 2. The quantitative estimate of drug-likeness (QED) is 0.933. The van der Waals surface area contributed by atoms with E-state index in [-0.39, 0.29) is 5.91 Å². The van der Waals surface area contributed by atoms with Crippen molar-refractivity contribution in [1.29, 1.82) is 0 Å². The van der Waals surface area contributed by atoms with Gasteiger partial charge in [-0.25, -0.2) is 9.97 Å². The Bertz CT molecular complexity index is 751. The summed E-state index contributed by atoms with van der Waals surface area (Å²) in [5, 5.41) is 3.40. The van der Waals surface area contributed by atoms with Crippen molar-refractivity contribution in [3.63, 3.8) is 0 Å². The van der Waals surface area contributed by atoms with Gasteiger partial charge in [-0.1, -0.05) is 25.1 Å². The summed E-state index contributed by atoms with van der Waals surface area (Å²) in [6, 6.07) is 8.01. The molecule has 5 nitrogen and oxygen atoms in total. The second-order valence-electron chi connectivity index (χ2n) is 6.27. The number of nitrogens with one attached hydrogen (secondary N) is 1. The number of carbonyl (C=O) groups is 1. The minimum Gasteiger partial charge on any atom is -0.340 e. The van der Waals surface area contributed by atoms with Crippen LogP contribution in [-0.2, 0) is 6.42 Å². The molecular formula is C19H24N4O. The summed E-state index contributed by atoms with van der Waals surface area (Å²) in [4.78, 5) is 23.3. The molecule has 2 aromatic rings. The maximum absolute atomic E-state index is 12.6. The van der Waals surface area contributed by atoms with Crippen molar-refractivity contribution in [2.24, 2.45) is 0 Å². The molecule has 0 atom stereocenters. The fourth-order valence-electron chi connectivity index (χ4n) is 3.15. The van der Waals surface area contributed by atoms with E-state index in [1.165, 1.54) is 5.56 Å². The maximum Gasteiger partial charge on any atom is 0.272 e. The SMILES string of the molecule is CCc1cccc(C)c1Nc1cc(C(=O)N2CCCC2)nc(C)n1. The zero-order valence-corrected chi connectivity index (χ0v) is 14.6. The Morgan fingerprint density at radius 2 is 1.96 bits per heavy atom. The average molecular weight is 324 g/mol. The third-order valence-electron chi connectivity index (χ3n) is 4.44. The first-order valence-corrected chi connectivity index (χ1v) is 8.59. The molecule has 126 valence electrons. The first-order chi connectivity index (χ1) is 11.6. The Balaban J connectivity index is 1.91. The summed E-state index contributed by atoms with van der Waals surface area (Å²) in [6.45, 7) is 7.68. The van der Waals surface area contributed by atoms with Crippen molar-refractivity contribution in [3.8, 4) is 0 Å². The van der Waals surface area contributed by atoms with Crippen LogP contribution in [0.3, 0.4) is 0 Å². The van der Waals surface area contributed by atoms with Gasteiger partial charge in [0.1, 0.15) is 17.3 Å². The van der Waals surface area contributed by atoms with Gasteiger partial charge in [-0.2, -0.15) is 0 Å². The molecule has 5 heteroatoms. The number of aryl methyl sites for hydroxylation is 3. The summed E-state index contributed by atoms with van der Waals surface area (Å²) in [6.07, 6.45) is 3.08. The number of carbonyl (C=O) groups excluding carboxylic acids is 1. The van der Waals surface area contributed by atoms with E-state index in [4.69, 9.17) is 0 Å². The molecule has 1 aliphatic heterocycles. The molecule has 0 radical (unpaired) electrons. The maximum atomic E-state index is 12.6. The van der Waals surface area contributed by atoms with Crippen molar-refractivity contribution in [2.75, 3.05) is 18.4 Å². The normalized spacial score (nSPS) is 14.0. The molecule has 0 unspecified atom stereocenters. The zero-order valence-electron chi connectivity index (χ0n) is 14.6. The number of benzene rings is 1. The van der Waals surface area contributed by atoms with Crippen LogP contribution in [0.2, 0.25) is 0 Å². The van der Waals surface area contributed by atoms with Crippen LogP contribution >= 0.6 is 0 Å². The van der Waals surface area contributed by atoms with Crippen LogP contribution in [0.5, 0.6) is 0 Å². The molecule has 1 N–H and O–H groups in total. The minimum atomic E-state index is 0.00143. The Labute approximate surface area is 143 Å². The van der Waals surface area contributed by atoms with E-state index in [0.717, 1.165) is 43.6 Å². The first-order valence-electron chi connectivity index (χ1n) is 8.59. The number of hydrogen-bond donors (Lipinski definition) is 1. The van der Waals surface area contributed by atoms with Crippen molar-refractivity contribution in [1.82, 2.24) is 14.9 Å². The van der Waals surface area contributed by atoms with Gasteiger partial charge in [-0.3, -0.25) is 4.79 Å². The van der Waals surface area contributed by atoms with Crippen LogP contribution in [0.15, 0.2) is 24.3 Å². The molecule has 3 rings (SSSR count). The molecule has 1 fully saturated rings. The molecule has 0 bridgehead atoms. The van der Waals surface area contributed by atoms with E-state index >= 15 is 0 Å². The second-order valence-corrected chi connectivity index (χ2v) is 6.27. The number of likely N-dealkylation sites (tertiary alicyclic amines) is 1. The third kappa shape index (κ3) is 3.40. The predicted octanol–water partition coefficient (Wildman–Crippen LogP) is 3.64. The van der Waals surface area contributed by atoms with Crippen LogP contribution in [0, 0.1) is 13.8 Å². The van der Waals surface area contributed by atoms with Gasteiger partial charge in [0.25, 0.3) is 5.91 Å². The summed E-state index contributed by atoms with van der Waals surface area (Å²) in [5.74, 6) is 1.28. The van der Waals surface area contributed by atoms with E-state index in [1.54, 1.807) is 6.07 Å². The smallest absolute Gasteiger partial charge is 0.272 e. The highest BCUT2D eigenvalue weighted by molar-refractivity contribution is 5.93. The van der Waals surface area contributed by atoms with Gasteiger partial charge in [-0.15, -0.1) is 0 Å². The molecule has 2 heterocycles. The molecule has 1 aromatic carbocycles. The second kappa shape index (κ2) is 6.99. The Hall–Kier alpha value is -2.43. The summed E-state index contributed by atoms with van der Waals surface area (Å²) in [5.41, 5.74) is 3.94. The highest BCUT2D eigenvalue weighted by Gasteiger charge is 2.21. The zero-order chi connectivity index (χ0) is 17.1. The number of amides is 1. The van der Waals surface area contributed by atoms with Gasteiger partial charge in [0.15, 0.2) is 0 Å². The van der Waals surface area contributed by atoms with Crippen molar-refractivity contribution in [2.45, 2.75) is 40.0 Å². The molecule has 0 saturated carbocycles. The minimum absolute atomic E-state index is 0.00143. The van der Waals surface area contributed by atoms with Gasteiger partial charge in [0.2, 0.25) is 0 Å². The number of rotatable bonds is 4. The summed E-state index contributed by atoms with van der Waals surface area (Å²) >= 11 is 0. The molecule has 1 aliphatic rings. The van der Waals surface area contributed by atoms with Gasteiger partial charge >= 0.3 is 0 Å². The van der Waals surface area contributed by atoms with E-state index < -0.39 is 0 Å². The number of para-hydroxylation sites is 1. The predicted molar refractivity (Wildman–Crippen MR) is 95.7 cm³/mol. The number of aromatic nitrogens is 2. The van der Waals surface area contributed by atoms with Crippen LogP contribution in [0.25, 0.3) is 0 Å². The molecule has 0 spiro atoms. The van der Waals surface area contributed by atoms with Crippen molar-refractivity contribution >= 4 is 17.4 Å². The van der Waals surface area contributed by atoms with E-state index in [9.17, 15) is 4.79 Å². The molecule has 24 heavy (non-hydrogen) atoms. The fraction of sp³-hybridized carbons (Fsp3) is 0.421. The van der Waals surface area contributed by atoms with Gasteiger partial charge < -0.3 is 10.2 Å². The third-order valence-corrected chi connectivity index (χ3v) is 4.44. The lowest BCUT2D eigenvalue weighted by atomic mass is 10.1. The molecule has 1 saturated heterocycles. The highest BCUT2D eigenvalue weighted by Crippen LogP contribution is 2.25. The van der Waals surface area contributed by atoms with Gasteiger partial charge in [0, 0.05) is 24.8 Å². The Kier molecular flexibility index (Phi) is 4.79. The molecule has 0 aliphatic carbocycles. The first kappa shape index (κ1) is 16.4. The van der Waals surface area contributed by atoms with Gasteiger partial charge in [-0.05, 0) is 44.2 Å². The van der Waals surface area contributed by atoms with E-state index in [1.807, 2.05) is 11.8 Å². The number of hydrogen-bond acceptors (Lipinski definition) is 4. The monoisotopic (exact) mass is 324 g/mol. The highest BCUT2D eigenvalue weighted by atomic mass is 16.2. The molecular weight excluding hydrogens is 300 g/mol. The lowest BCUT2D eigenvalue weighted by Crippen LogP contribution is -2.28. The fourth-order valence-corrected chi connectivity index (χ4v) is 3.15. The standard InChI is InChI=1S/C19H24N4O/c1-4-15-9-7-8-13(2)18(15)22-17-12-16(20-14(3)21-17)19(24)23-10-5-6-11-23/h7-9,12H,4-6,10-11H2,1-3H3,(H,20,21,22). The topological polar surface area (TPSA) is 58.1 Å². The lowest BCUT2D eigenvalue weighted by Gasteiger charge is -2.17. The summed E-state index contributed by atoms with van der Waals surface area (Å²) in [7, 11) is 0. The van der Waals surface area contributed by atoms with Crippen LogP contribution in [0.4, 0.5) is 11.5 Å². The largest absolute Gasteiger partial charge is 0.340 e. The van der Waals surface area contributed by atoms with Crippen LogP contribution in [-0.4, -0.2) is 33.9 Å². The average Bonchev–Trinajstić information content (AvgIpc) is 3.10. The van der Waals surface area contributed by atoms with E-state index in [2.05, 4.69) is 47.3 Å². The van der Waals surface area contributed by atoms with Crippen molar-refractivity contribution in [3.05, 3.63) is 46.9 Å². The molecule has 1 amide bonds. The number of nitrogens with zero attached hydrogens (tertiary/aromatic N) is 3. The van der Waals surface area contributed by atoms with E-state index in [0.29, 0.717) is 17.3 Å². The molecule has 1 aromatic heterocycles. The van der Waals surface area contributed by atoms with Gasteiger partial charge in [0.05, 0.1) is 0 Å².